The minimum Gasteiger partial charge on any atom is -0.691 e. The van der Waals surface area contributed by atoms with Gasteiger partial charge in [0.25, 0.3) is 0 Å². The van der Waals surface area contributed by atoms with E-state index in [-0.39, 0.29) is 6.04 Å². The first-order chi connectivity index (χ1) is 11.6. The number of halogens is 1. The molecule has 0 fully saturated rings. The van der Waals surface area contributed by atoms with E-state index in [9.17, 15) is 5.21 Å². The SMILES string of the molecule is CCC1C=Nc2ccc([N+]([O-])=NN)cc2C(c2ccccc2Cl)=N1. The summed E-state index contributed by atoms with van der Waals surface area (Å²) < 4.78 is 0. The van der Waals surface area contributed by atoms with Gasteiger partial charge in [-0.05, 0) is 30.7 Å². The second kappa shape index (κ2) is 6.80. The van der Waals surface area contributed by atoms with Crippen LogP contribution >= 0.6 is 11.6 Å². The number of nitrogens with two attached hydrogens (primary N) is 1. The molecule has 122 valence electrons. The summed E-state index contributed by atoms with van der Waals surface area (Å²) in [5.74, 6) is 5.08. The van der Waals surface area contributed by atoms with E-state index in [2.05, 4.69) is 10.2 Å². The van der Waals surface area contributed by atoms with Gasteiger partial charge in [-0.2, -0.15) is 5.84 Å². The van der Waals surface area contributed by atoms with Gasteiger partial charge < -0.3 is 5.21 Å². The molecular weight excluding hydrogens is 326 g/mol. The Labute approximate surface area is 144 Å². The van der Waals surface area contributed by atoms with Gasteiger partial charge in [-0.1, -0.05) is 36.7 Å². The fourth-order valence-corrected chi connectivity index (χ4v) is 2.74. The average molecular weight is 342 g/mol. The Morgan fingerprint density at radius 3 is 2.75 bits per heavy atom. The Bertz CT molecular complexity index is 860. The monoisotopic (exact) mass is 341 g/mol. The van der Waals surface area contributed by atoms with E-state index in [0.717, 1.165) is 23.2 Å². The van der Waals surface area contributed by atoms with Crippen LogP contribution in [0, 0.1) is 5.21 Å². The van der Waals surface area contributed by atoms with Gasteiger partial charge in [0.15, 0.2) is 5.69 Å². The van der Waals surface area contributed by atoms with Crippen molar-refractivity contribution < 1.29 is 4.86 Å². The summed E-state index contributed by atoms with van der Waals surface area (Å²) >= 11 is 6.37. The molecule has 0 saturated carbocycles. The molecule has 2 aromatic carbocycles. The van der Waals surface area contributed by atoms with Crippen molar-refractivity contribution in [3.63, 3.8) is 0 Å². The lowest BCUT2D eigenvalue weighted by molar-refractivity contribution is -0.443. The van der Waals surface area contributed by atoms with Crippen molar-refractivity contribution in [2.75, 3.05) is 0 Å². The second-order valence-corrected chi connectivity index (χ2v) is 5.71. The maximum atomic E-state index is 11.7. The summed E-state index contributed by atoms with van der Waals surface area (Å²) in [6, 6.07) is 12.5. The molecule has 1 heterocycles. The molecule has 24 heavy (non-hydrogen) atoms. The molecule has 1 aliphatic heterocycles. The minimum absolute atomic E-state index is 0.0605. The lowest BCUT2D eigenvalue weighted by Gasteiger charge is -2.13. The quantitative estimate of drug-likeness (QED) is 0.393. The Balaban J connectivity index is 2.24. The molecule has 1 aliphatic rings. The Kier molecular flexibility index (Phi) is 4.57. The third-order valence-corrected chi connectivity index (χ3v) is 4.12. The molecule has 1 unspecified atom stereocenters. The summed E-state index contributed by atoms with van der Waals surface area (Å²) in [4.78, 5) is 9.66. The smallest absolute Gasteiger partial charge is 0.154 e. The van der Waals surface area contributed by atoms with Gasteiger partial charge in [-0.3, -0.25) is 9.98 Å². The van der Waals surface area contributed by atoms with Crippen LogP contribution in [0.1, 0.15) is 24.5 Å². The highest BCUT2D eigenvalue weighted by Crippen LogP contribution is 2.31. The Morgan fingerprint density at radius 1 is 1.25 bits per heavy atom. The summed E-state index contributed by atoms with van der Waals surface area (Å²) in [5.41, 5.74) is 3.24. The first-order valence-electron chi connectivity index (χ1n) is 7.53. The van der Waals surface area contributed by atoms with Gasteiger partial charge in [-0.25, -0.2) is 0 Å². The largest absolute Gasteiger partial charge is 0.691 e. The predicted octanol–water partition coefficient (Wildman–Crippen LogP) is 4.14. The van der Waals surface area contributed by atoms with Gasteiger partial charge in [0.05, 0.1) is 22.7 Å². The van der Waals surface area contributed by atoms with Crippen molar-refractivity contribution in [3.8, 4) is 0 Å². The number of fused-ring (bicyclic) bond motifs is 1. The first-order valence-corrected chi connectivity index (χ1v) is 7.91. The molecule has 0 aromatic heterocycles. The molecule has 6 nitrogen and oxygen atoms in total. The van der Waals surface area contributed by atoms with Crippen LogP contribution in [0.4, 0.5) is 11.4 Å². The fourth-order valence-electron chi connectivity index (χ4n) is 2.51. The highest BCUT2D eigenvalue weighted by Gasteiger charge is 2.20. The molecule has 0 amide bonds. The molecule has 0 aliphatic carbocycles. The normalized spacial score (nSPS) is 17.2. The third-order valence-electron chi connectivity index (χ3n) is 3.79. The predicted molar refractivity (Wildman–Crippen MR) is 95.7 cm³/mol. The molecule has 3 rings (SSSR count). The molecule has 2 aromatic rings. The topological polar surface area (TPSA) is 89.2 Å². The lowest BCUT2D eigenvalue weighted by atomic mass is 9.99. The number of rotatable bonds is 3. The average Bonchev–Trinajstić information content (AvgIpc) is 2.80. The molecule has 0 spiro atoms. The highest BCUT2D eigenvalue weighted by molar-refractivity contribution is 6.36. The Hall–Kier alpha value is -2.73. The van der Waals surface area contributed by atoms with E-state index in [1.54, 1.807) is 18.2 Å². The van der Waals surface area contributed by atoms with Crippen LogP contribution in [0.15, 0.2) is 57.7 Å². The van der Waals surface area contributed by atoms with E-state index in [4.69, 9.17) is 22.4 Å². The fraction of sp³-hybridized carbons (Fsp3) is 0.176. The van der Waals surface area contributed by atoms with E-state index in [0.29, 0.717) is 21.3 Å². The van der Waals surface area contributed by atoms with Crippen LogP contribution in [0.5, 0.6) is 0 Å². The van der Waals surface area contributed by atoms with Crippen molar-refractivity contribution in [1.29, 1.82) is 0 Å². The van der Waals surface area contributed by atoms with Crippen molar-refractivity contribution >= 4 is 34.9 Å². The van der Waals surface area contributed by atoms with Crippen LogP contribution in [-0.4, -0.2) is 22.8 Å². The maximum Gasteiger partial charge on any atom is 0.154 e. The molecule has 2 N–H and O–H groups in total. The van der Waals surface area contributed by atoms with Crippen molar-refractivity contribution in [2.45, 2.75) is 19.4 Å². The van der Waals surface area contributed by atoms with Crippen LogP contribution < -0.4 is 5.84 Å². The van der Waals surface area contributed by atoms with Crippen molar-refractivity contribution in [2.24, 2.45) is 21.1 Å². The molecule has 7 heteroatoms. The van der Waals surface area contributed by atoms with Crippen LogP contribution in [0.3, 0.4) is 0 Å². The van der Waals surface area contributed by atoms with E-state index < -0.39 is 0 Å². The first kappa shape index (κ1) is 16.1. The molecule has 1 atom stereocenters. The highest BCUT2D eigenvalue weighted by atomic mass is 35.5. The number of hydrogen-bond donors (Lipinski definition) is 1. The zero-order chi connectivity index (χ0) is 17.1. The number of nitrogens with zero attached hydrogens (tertiary/aromatic N) is 4. The van der Waals surface area contributed by atoms with Crippen molar-refractivity contribution in [3.05, 3.63) is 63.8 Å². The number of aliphatic imine (C=N–C) groups is 2. The maximum absolute atomic E-state index is 11.7. The minimum atomic E-state index is -0.0605. The van der Waals surface area contributed by atoms with Gasteiger partial charge in [0.2, 0.25) is 0 Å². The third kappa shape index (κ3) is 3.00. The van der Waals surface area contributed by atoms with Gasteiger partial charge in [0, 0.05) is 22.4 Å². The van der Waals surface area contributed by atoms with Crippen LogP contribution in [-0.2, 0) is 0 Å². The van der Waals surface area contributed by atoms with Crippen molar-refractivity contribution in [1.82, 2.24) is 0 Å². The van der Waals surface area contributed by atoms with Gasteiger partial charge in [-0.15, -0.1) is 4.86 Å². The van der Waals surface area contributed by atoms with E-state index >= 15 is 0 Å². The summed E-state index contributed by atoms with van der Waals surface area (Å²) in [6.07, 6.45) is 2.62. The zero-order valence-corrected chi connectivity index (χ0v) is 13.8. The Morgan fingerprint density at radius 2 is 2.04 bits per heavy atom. The molecule has 0 radical (unpaired) electrons. The van der Waals surface area contributed by atoms with E-state index in [1.165, 1.54) is 0 Å². The lowest BCUT2D eigenvalue weighted by Crippen LogP contribution is -2.10. The molecular formula is C17H16ClN5O. The van der Waals surface area contributed by atoms with E-state index in [1.807, 2.05) is 37.4 Å². The van der Waals surface area contributed by atoms with Crippen LogP contribution in [0.25, 0.3) is 0 Å². The van der Waals surface area contributed by atoms with Gasteiger partial charge >= 0.3 is 0 Å². The summed E-state index contributed by atoms with van der Waals surface area (Å²) in [5, 5.41) is 15.5. The molecule has 0 saturated heterocycles. The molecule has 0 bridgehead atoms. The number of hydrogen-bond acceptors (Lipinski definition) is 4. The summed E-state index contributed by atoms with van der Waals surface area (Å²) in [7, 11) is 0. The number of benzene rings is 2. The summed E-state index contributed by atoms with van der Waals surface area (Å²) in [6.45, 7) is 2.04. The van der Waals surface area contributed by atoms with Gasteiger partial charge in [0.1, 0.15) is 0 Å². The van der Waals surface area contributed by atoms with Crippen LogP contribution in [0.2, 0.25) is 5.02 Å². The standard InChI is InChI=1S/C17H16ClN5O/c1-2-11-10-20-16-8-7-12(23(24)22-19)9-14(16)17(21-11)13-5-3-4-6-15(13)18/h3-11H,2,19H2,1H3. The zero-order valence-electron chi connectivity index (χ0n) is 13.1. The second-order valence-electron chi connectivity index (χ2n) is 5.30.